The van der Waals surface area contributed by atoms with Crippen molar-refractivity contribution >= 4 is 15.9 Å². The molecular formula is C17H19BrFN. The van der Waals surface area contributed by atoms with E-state index in [1.165, 1.54) is 23.3 Å². The molecule has 0 aliphatic rings. The SMILES string of the molecule is CCCNC(c1ccc(F)cc1)c1ccc(C)cc1Br. The Hall–Kier alpha value is -1.19. The van der Waals surface area contributed by atoms with E-state index >= 15 is 0 Å². The summed E-state index contributed by atoms with van der Waals surface area (Å²) in [7, 11) is 0. The normalized spacial score (nSPS) is 12.4. The molecule has 2 aromatic rings. The summed E-state index contributed by atoms with van der Waals surface area (Å²) < 4.78 is 14.2. The van der Waals surface area contributed by atoms with E-state index in [9.17, 15) is 4.39 Å². The molecule has 3 heteroatoms. The third-order valence-electron chi connectivity index (χ3n) is 3.27. The van der Waals surface area contributed by atoms with Gasteiger partial charge in [0, 0.05) is 4.47 Å². The maximum atomic E-state index is 13.1. The molecule has 2 aromatic carbocycles. The first-order valence-corrected chi connectivity index (χ1v) is 7.66. The Kier molecular flexibility index (Phi) is 5.32. The number of benzene rings is 2. The molecule has 106 valence electrons. The summed E-state index contributed by atoms with van der Waals surface area (Å²) >= 11 is 3.64. The van der Waals surface area contributed by atoms with Gasteiger partial charge in [0.05, 0.1) is 6.04 Å². The van der Waals surface area contributed by atoms with Crippen LogP contribution in [0.5, 0.6) is 0 Å². The van der Waals surface area contributed by atoms with Crippen LogP contribution in [0.25, 0.3) is 0 Å². The van der Waals surface area contributed by atoms with Crippen molar-refractivity contribution in [2.45, 2.75) is 26.3 Å². The molecule has 0 bridgehead atoms. The second-order valence-corrected chi connectivity index (χ2v) is 5.82. The first-order chi connectivity index (χ1) is 9.61. The largest absolute Gasteiger partial charge is 0.306 e. The Morgan fingerprint density at radius 3 is 2.45 bits per heavy atom. The zero-order chi connectivity index (χ0) is 14.5. The van der Waals surface area contributed by atoms with Gasteiger partial charge in [-0.2, -0.15) is 0 Å². The zero-order valence-corrected chi connectivity index (χ0v) is 13.4. The number of nitrogens with one attached hydrogen (secondary N) is 1. The highest BCUT2D eigenvalue weighted by Crippen LogP contribution is 2.29. The molecule has 0 spiro atoms. The van der Waals surface area contributed by atoms with Gasteiger partial charge in [-0.05, 0) is 54.8 Å². The van der Waals surface area contributed by atoms with Crippen molar-refractivity contribution in [1.29, 1.82) is 0 Å². The second kappa shape index (κ2) is 7.00. The third-order valence-corrected chi connectivity index (χ3v) is 3.96. The maximum Gasteiger partial charge on any atom is 0.123 e. The van der Waals surface area contributed by atoms with Crippen LogP contribution in [0.4, 0.5) is 4.39 Å². The highest BCUT2D eigenvalue weighted by Gasteiger charge is 2.16. The molecule has 0 aliphatic heterocycles. The number of aryl methyl sites for hydroxylation is 1. The van der Waals surface area contributed by atoms with Crippen LogP contribution in [0.2, 0.25) is 0 Å². The van der Waals surface area contributed by atoms with Gasteiger partial charge in [0.2, 0.25) is 0 Å². The van der Waals surface area contributed by atoms with E-state index in [-0.39, 0.29) is 11.9 Å². The lowest BCUT2D eigenvalue weighted by Crippen LogP contribution is -2.23. The summed E-state index contributed by atoms with van der Waals surface area (Å²) in [5.41, 5.74) is 3.47. The Bertz CT molecular complexity index is 566. The third kappa shape index (κ3) is 3.68. The Morgan fingerprint density at radius 2 is 1.85 bits per heavy atom. The summed E-state index contributed by atoms with van der Waals surface area (Å²) in [6.07, 6.45) is 1.06. The fourth-order valence-electron chi connectivity index (χ4n) is 2.22. The van der Waals surface area contributed by atoms with Crippen molar-refractivity contribution in [2.24, 2.45) is 0 Å². The summed E-state index contributed by atoms with van der Waals surface area (Å²) in [6.45, 7) is 5.13. The van der Waals surface area contributed by atoms with E-state index in [2.05, 4.69) is 53.3 Å². The smallest absolute Gasteiger partial charge is 0.123 e. The van der Waals surface area contributed by atoms with Crippen LogP contribution in [0.1, 0.15) is 36.1 Å². The lowest BCUT2D eigenvalue weighted by atomic mass is 9.97. The fourth-order valence-corrected chi connectivity index (χ4v) is 2.94. The molecule has 0 fully saturated rings. The van der Waals surface area contributed by atoms with Crippen molar-refractivity contribution in [3.63, 3.8) is 0 Å². The molecule has 0 saturated carbocycles. The van der Waals surface area contributed by atoms with E-state index in [1.54, 1.807) is 0 Å². The Balaban J connectivity index is 2.38. The fraction of sp³-hybridized carbons (Fsp3) is 0.294. The quantitative estimate of drug-likeness (QED) is 0.811. The average Bonchev–Trinajstić information content (AvgIpc) is 2.42. The molecule has 0 radical (unpaired) electrons. The van der Waals surface area contributed by atoms with Gasteiger partial charge in [0.25, 0.3) is 0 Å². The van der Waals surface area contributed by atoms with Gasteiger partial charge in [-0.15, -0.1) is 0 Å². The van der Waals surface area contributed by atoms with E-state index in [4.69, 9.17) is 0 Å². The van der Waals surface area contributed by atoms with Crippen LogP contribution in [-0.2, 0) is 0 Å². The summed E-state index contributed by atoms with van der Waals surface area (Å²) in [6, 6.07) is 13.1. The van der Waals surface area contributed by atoms with Gasteiger partial charge in [0.15, 0.2) is 0 Å². The summed E-state index contributed by atoms with van der Waals surface area (Å²) in [5.74, 6) is -0.203. The van der Waals surface area contributed by atoms with Crippen LogP contribution < -0.4 is 5.32 Å². The summed E-state index contributed by atoms with van der Waals surface area (Å²) in [4.78, 5) is 0. The van der Waals surface area contributed by atoms with Gasteiger partial charge < -0.3 is 5.32 Å². The molecule has 1 N–H and O–H groups in total. The first kappa shape index (κ1) is 15.2. The van der Waals surface area contributed by atoms with Gasteiger partial charge >= 0.3 is 0 Å². The van der Waals surface area contributed by atoms with Crippen molar-refractivity contribution in [3.8, 4) is 0 Å². The number of halogens is 2. The van der Waals surface area contributed by atoms with E-state index < -0.39 is 0 Å². The van der Waals surface area contributed by atoms with Crippen LogP contribution in [-0.4, -0.2) is 6.54 Å². The maximum absolute atomic E-state index is 13.1. The van der Waals surface area contributed by atoms with Gasteiger partial charge in [-0.25, -0.2) is 4.39 Å². The van der Waals surface area contributed by atoms with E-state index in [0.717, 1.165) is 23.0 Å². The number of rotatable bonds is 5. The second-order valence-electron chi connectivity index (χ2n) is 4.96. The van der Waals surface area contributed by atoms with Gasteiger partial charge in [-0.3, -0.25) is 0 Å². The van der Waals surface area contributed by atoms with Crippen molar-refractivity contribution < 1.29 is 4.39 Å². The minimum absolute atomic E-state index is 0.0746. The average molecular weight is 336 g/mol. The predicted octanol–water partition coefficient (Wildman–Crippen LogP) is 4.99. The van der Waals surface area contributed by atoms with Crippen LogP contribution in [0.15, 0.2) is 46.9 Å². The lowest BCUT2D eigenvalue weighted by molar-refractivity contribution is 0.591. The Morgan fingerprint density at radius 1 is 1.15 bits per heavy atom. The highest BCUT2D eigenvalue weighted by atomic mass is 79.9. The molecule has 0 saturated heterocycles. The number of hydrogen-bond acceptors (Lipinski definition) is 1. The molecule has 2 rings (SSSR count). The number of hydrogen-bond donors (Lipinski definition) is 1. The molecule has 0 aromatic heterocycles. The van der Waals surface area contributed by atoms with Crippen molar-refractivity contribution in [1.82, 2.24) is 5.32 Å². The van der Waals surface area contributed by atoms with Crippen LogP contribution >= 0.6 is 15.9 Å². The molecule has 0 amide bonds. The monoisotopic (exact) mass is 335 g/mol. The molecule has 1 unspecified atom stereocenters. The zero-order valence-electron chi connectivity index (χ0n) is 11.8. The molecule has 20 heavy (non-hydrogen) atoms. The first-order valence-electron chi connectivity index (χ1n) is 6.86. The molecule has 0 heterocycles. The van der Waals surface area contributed by atoms with Gasteiger partial charge in [0.1, 0.15) is 5.82 Å². The molecule has 0 aliphatic carbocycles. The van der Waals surface area contributed by atoms with Crippen LogP contribution in [0, 0.1) is 12.7 Å². The molecular weight excluding hydrogens is 317 g/mol. The summed E-state index contributed by atoms with van der Waals surface area (Å²) in [5, 5.41) is 3.53. The van der Waals surface area contributed by atoms with Crippen molar-refractivity contribution in [2.75, 3.05) is 6.54 Å². The molecule has 1 atom stereocenters. The Labute approximate surface area is 128 Å². The van der Waals surface area contributed by atoms with Crippen LogP contribution in [0.3, 0.4) is 0 Å². The lowest BCUT2D eigenvalue weighted by Gasteiger charge is -2.21. The minimum Gasteiger partial charge on any atom is -0.306 e. The standard InChI is InChI=1S/C17H19BrFN/c1-3-10-20-17(13-5-7-14(19)8-6-13)15-9-4-12(2)11-16(15)18/h4-9,11,17,20H,3,10H2,1-2H3. The topological polar surface area (TPSA) is 12.0 Å². The highest BCUT2D eigenvalue weighted by molar-refractivity contribution is 9.10. The van der Waals surface area contributed by atoms with E-state index in [1.807, 2.05) is 12.1 Å². The van der Waals surface area contributed by atoms with E-state index in [0.29, 0.717) is 0 Å². The molecule has 1 nitrogen and oxygen atoms in total. The minimum atomic E-state index is -0.203. The predicted molar refractivity (Wildman–Crippen MR) is 85.4 cm³/mol. The van der Waals surface area contributed by atoms with Gasteiger partial charge in [-0.1, -0.05) is 47.1 Å². The van der Waals surface area contributed by atoms with Crippen molar-refractivity contribution in [3.05, 3.63) is 69.4 Å².